The highest BCUT2D eigenvalue weighted by Gasteiger charge is 2.21. The van der Waals surface area contributed by atoms with Crippen molar-refractivity contribution < 1.29 is 4.74 Å². The van der Waals surface area contributed by atoms with E-state index in [4.69, 9.17) is 15.7 Å². The van der Waals surface area contributed by atoms with E-state index in [1.807, 2.05) is 6.07 Å². The van der Waals surface area contributed by atoms with Crippen LogP contribution < -0.4 is 5.73 Å². The summed E-state index contributed by atoms with van der Waals surface area (Å²) in [5.74, 6) is 0.669. The Morgan fingerprint density at radius 2 is 2.21 bits per heavy atom. The summed E-state index contributed by atoms with van der Waals surface area (Å²) >= 11 is 0. The van der Waals surface area contributed by atoms with Gasteiger partial charge in [-0.1, -0.05) is 19.8 Å². The number of nitrogens with two attached hydrogens (primary N) is 1. The van der Waals surface area contributed by atoms with Crippen LogP contribution in [0.5, 0.6) is 0 Å². The number of nitriles is 1. The maximum atomic E-state index is 8.49. The number of hydrogen-bond donors (Lipinski definition) is 1. The largest absolute Gasteiger partial charge is 0.378 e. The quantitative estimate of drug-likeness (QED) is 0.746. The summed E-state index contributed by atoms with van der Waals surface area (Å²) in [5, 5.41) is 8.49. The summed E-state index contributed by atoms with van der Waals surface area (Å²) in [6, 6.07) is 1.64. The van der Waals surface area contributed by atoms with Gasteiger partial charge in [0.2, 0.25) is 0 Å². The first-order valence-corrected chi connectivity index (χ1v) is 5.51. The second kappa shape index (κ2) is 6.00. The SMILES string of the molecule is CC1CCCCC1OCCC(N)C#N. The fraction of sp³-hybridized carbons (Fsp3) is 0.909. The van der Waals surface area contributed by atoms with E-state index in [1.54, 1.807) is 0 Å². The third kappa shape index (κ3) is 3.65. The minimum Gasteiger partial charge on any atom is -0.378 e. The predicted molar refractivity (Wildman–Crippen MR) is 55.6 cm³/mol. The number of nitrogens with zero attached hydrogens (tertiary/aromatic N) is 1. The maximum Gasteiger partial charge on any atom is 0.0950 e. The Morgan fingerprint density at radius 3 is 2.86 bits per heavy atom. The average molecular weight is 196 g/mol. The van der Waals surface area contributed by atoms with E-state index in [9.17, 15) is 0 Å². The molecule has 1 rings (SSSR count). The molecule has 3 unspecified atom stereocenters. The summed E-state index contributed by atoms with van der Waals surface area (Å²) in [5.41, 5.74) is 5.48. The molecule has 3 heteroatoms. The molecule has 0 spiro atoms. The van der Waals surface area contributed by atoms with Crippen molar-refractivity contribution in [3.05, 3.63) is 0 Å². The van der Waals surface area contributed by atoms with Gasteiger partial charge in [-0.3, -0.25) is 0 Å². The minimum absolute atomic E-state index is 0.367. The average Bonchev–Trinajstić information content (AvgIpc) is 2.20. The third-order valence-corrected chi connectivity index (χ3v) is 2.96. The zero-order valence-electron chi connectivity index (χ0n) is 8.91. The first-order valence-electron chi connectivity index (χ1n) is 5.51. The van der Waals surface area contributed by atoms with Crippen LogP contribution in [0.15, 0.2) is 0 Å². The van der Waals surface area contributed by atoms with E-state index < -0.39 is 0 Å². The Morgan fingerprint density at radius 1 is 1.50 bits per heavy atom. The fourth-order valence-electron chi connectivity index (χ4n) is 1.94. The van der Waals surface area contributed by atoms with Crippen LogP contribution in [0, 0.1) is 17.2 Å². The summed E-state index contributed by atoms with van der Waals surface area (Å²) in [6.07, 6.45) is 6.10. The zero-order chi connectivity index (χ0) is 10.4. The van der Waals surface area contributed by atoms with Crippen molar-refractivity contribution in [3.8, 4) is 6.07 Å². The molecule has 3 atom stereocenters. The molecule has 0 aromatic carbocycles. The van der Waals surface area contributed by atoms with Crippen molar-refractivity contribution in [1.29, 1.82) is 5.26 Å². The molecule has 0 heterocycles. The molecule has 0 bridgehead atoms. The smallest absolute Gasteiger partial charge is 0.0950 e. The summed E-state index contributed by atoms with van der Waals surface area (Å²) in [6.45, 7) is 2.87. The van der Waals surface area contributed by atoms with Gasteiger partial charge in [0.1, 0.15) is 0 Å². The summed E-state index contributed by atoms with van der Waals surface area (Å²) in [7, 11) is 0. The molecule has 0 saturated heterocycles. The van der Waals surface area contributed by atoms with Gasteiger partial charge in [0.15, 0.2) is 0 Å². The molecule has 0 amide bonds. The fourth-order valence-corrected chi connectivity index (χ4v) is 1.94. The molecular weight excluding hydrogens is 176 g/mol. The van der Waals surface area contributed by atoms with Crippen LogP contribution >= 0.6 is 0 Å². The summed E-state index contributed by atoms with van der Waals surface area (Å²) in [4.78, 5) is 0. The van der Waals surface area contributed by atoms with Crippen LogP contribution in [0.3, 0.4) is 0 Å². The normalized spacial score (nSPS) is 29.5. The van der Waals surface area contributed by atoms with Crippen LogP contribution in [-0.2, 0) is 4.74 Å². The van der Waals surface area contributed by atoms with Crippen LogP contribution in [0.25, 0.3) is 0 Å². The van der Waals surface area contributed by atoms with Crippen LogP contribution in [0.2, 0.25) is 0 Å². The molecule has 1 aliphatic carbocycles. The van der Waals surface area contributed by atoms with Crippen molar-refractivity contribution in [3.63, 3.8) is 0 Å². The van der Waals surface area contributed by atoms with Gasteiger partial charge in [-0.2, -0.15) is 5.26 Å². The van der Waals surface area contributed by atoms with Gasteiger partial charge < -0.3 is 10.5 Å². The van der Waals surface area contributed by atoms with Gasteiger partial charge in [0.05, 0.1) is 18.2 Å². The van der Waals surface area contributed by atoms with E-state index in [0.29, 0.717) is 25.0 Å². The van der Waals surface area contributed by atoms with Gasteiger partial charge >= 0.3 is 0 Å². The van der Waals surface area contributed by atoms with Crippen LogP contribution in [-0.4, -0.2) is 18.8 Å². The van der Waals surface area contributed by atoms with Crippen molar-refractivity contribution >= 4 is 0 Å². The maximum absolute atomic E-state index is 8.49. The molecule has 14 heavy (non-hydrogen) atoms. The second-order valence-corrected chi connectivity index (χ2v) is 4.20. The van der Waals surface area contributed by atoms with Gasteiger partial charge in [-0.05, 0) is 25.2 Å². The van der Waals surface area contributed by atoms with Crippen molar-refractivity contribution in [2.24, 2.45) is 11.7 Å². The van der Waals surface area contributed by atoms with Crippen molar-refractivity contribution in [2.75, 3.05) is 6.61 Å². The minimum atomic E-state index is -0.367. The first-order chi connectivity index (χ1) is 6.74. The molecule has 0 aliphatic heterocycles. The topological polar surface area (TPSA) is 59.0 Å². The Kier molecular flexibility index (Phi) is 4.92. The highest BCUT2D eigenvalue weighted by Crippen LogP contribution is 2.26. The molecule has 0 radical (unpaired) electrons. The lowest BCUT2D eigenvalue weighted by molar-refractivity contribution is -0.00648. The van der Waals surface area contributed by atoms with Gasteiger partial charge in [0, 0.05) is 6.61 Å². The molecule has 0 aromatic rings. The van der Waals surface area contributed by atoms with Gasteiger partial charge in [0.25, 0.3) is 0 Å². The third-order valence-electron chi connectivity index (χ3n) is 2.96. The Balaban J connectivity index is 2.14. The highest BCUT2D eigenvalue weighted by atomic mass is 16.5. The van der Waals surface area contributed by atoms with E-state index in [0.717, 1.165) is 0 Å². The van der Waals surface area contributed by atoms with Crippen LogP contribution in [0.1, 0.15) is 39.0 Å². The van der Waals surface area contributed by atoms with Crippen LogP contribution in [0.4, 0.5) is 0 Å². The molecule has 3 nitrogen and oxygen atoms in total. The Bertz CT molecular complexity index is 200. The monoisotopic (exact) mass is 196 g/mol. The second-order valence-electron chi connectivity index (χ2n) is 4.20. The molecule has 1 fully saturated rings. The molecule has 1 aliphatic rings. The van der Waals surface area contributed by atoms with E-state index in [-0.39, 0.29) is 6.04 Å². The highest BCUT2D eigenvalue weighted by molar-refractivity contribution is 4.86. The number of hydrogen-bond acceptors (Lipinski definition) is 3. The van der Waals surface area contributed by atoms with Crippen molar-refractivity contribution in [1.82, 2.24) is 0 Å². The molecule has 80 valence electrons. The van der Waals surface area contributed by atoms with E-state index in [2.05, 4.69) is 6.92 Å². The van der Waals surface area contributed by atoms with Crippen molar-refractivity contribution in [2.45, 2.75) is 51.2 Å². The molecule has 2 N–H and O–H groups in total. The van der Waals surface area contributed by atoms with Gasteiger partial charge in [-0.25, -0.2) is 0 Å². The zero-order valence-corrected chi connectivity index (χ0v) is 8.91. The molecule has 1 saturated carbocycles. The number of ether oxygens (including phenoxy) is 1. The standard InChI is InChI=1S/C11H20N2O/c1-9-4-2-3-5-11(9)14-7-6-10(13)8-12/h9-11H,2-7,13H2,1H3. The Hall–Kier alpha value is -0.590. The molecule has 0 aromatic heterocycles. The van der Waals surface area contributed by atoms with E-state index in [1.165, 1.54) is 25.7 Å². The molecular formula is C11H20N2O. The van der Waals surface area contributed by atoms with E-state index >= 15 is 0 Å². The van der Waals surface area contributed by atoms with Gasteiger partial charge in [-0.15, -0.1) is 0 Å². The predicted octanol–water partition coefficient (Wildman–Crippen LogP) is 1.82. The Labute approximate surface area is 86.2 Å². The first kappa shape index (κ1) is 11.5. The number of rotatable bonds is 4. The lowest BCUT2D eigenvalue weighted by Crippen LogP contribution is -2.28. The lowest BCUT2D eigenvalue weighted by Gasteiger charge is -2.28. The lowest BCUT2D eigenvalue weighted by atomic mass is 9.88. The summed E-state index contributed by atoms with van der Waals surface area (Å²) < 4.78 is 5.74.